The van der Waals surface area contributed by atoms with Crippen molar-refractivity contribution in [1.82, 2.24) is 0 Å². The monoisotopic (exact) mass is 213 g/mol. The van der Waals surface area contributed by atoms with Gasteiger partial charge in [-0.25, -0.2) is 0 Å². The molecule has 0 saturated carbocycles. The van der Waals surface area contributed by atoms with Crippen molar-refractivity contribution in [3.8, 4) is 0 Å². The van der Waals surface area contributed by atoms with Gasteiger partial charge >= 0.3 is 0 Å². The van der Waals surface area contributed by atoms with Gasteiger partial charge in [0.1, 0.15) is 0 Å². The molecule has 2 N–H and O–H groups in total. The van der Waals surface area contributed by atoms with Crippen molar-refractivity contribution < 1.29 is 22.8 Å². The van der Waals surface area contributed by atoms with Crippen molar-refractivity contribution in [3.05, 3.63) is 6.92 Å². The Kier molecular flexibility index (Phi) is 7.63. The van der Waals surface area contributed by atoms with E-state index in [0.717, 1.165) is 0 Å². The summed E-state index contributed by atoms with van der Waals surface area (Å²) in [6, 6.07) is 0. The fourth-order valence-electron chi connectivity index (χ4n) is 0.573. The zero-order valence-corrected chi connectivity index (χ0v) is 8.59. The lowest BCUT2D eigenvalue weighted by atomic mass is 10.7. The molecule has 0 saturated heterocycles. The summed E-state index contributed by atoms with van der Waals surface area (Å²) < 4.78 is 32.2. The van der Waals surface area contributed by atoms with Crippen LogP contribution in [0.4, 0.5) is 0 Å². The van der Waals surface area contributed by atoms with E-state index in [0.29, 0.717) is 26.4 Å². The molecule has 0 heterocycles. The third-order valence-electron chi connectivity index (χ3n) is 1.05. The minimum absolute atomic E-state index is 0.170. The van der Waals surface area contributed by atoms with Crippen molar-refractivity contribution in [2.75, 3.05) is 39.3 Å². The first-order chi connectivity index (χ1) is 6.06. The molecule has 0 unspecified atom stereocenters. The fourth-order valence-corrected chi connectivity index (χ4v) is 0.957. The van der Waals surface area contributed by atoms with Crippen molar-refractivity contribution >= 4 is 10.9 Å². The van der Waals surface area contributed by atoms with Gasteiger partial charge in [0.15, 0.2) is 0 Å². The first-order valence-electron chi connectivity index (χ1n) is 3.88. The first kappa shape index (κ1) is 13.2. The predicted molar refractivity (Wildman–Crippen MR) is 51.7 cm³/mol. The Morgan fingerprint density at radius 2 is 1.62 bits per heavy atom. The van der Waals surface area contributed by atoms with Gasteiger partial charge in [-0.05, 0) is 6.92 Å². The van der Waals surface area contributed by atoms with Crippen LogP contribution in [0.1, 0.15) is 0 Å². The molecule has 0 rings (SSSR count). The topological polar surface area (TPSA) is 68.2 Å². The second-order valence-electron chi connectivity index (χ2n) is 2.31. The Labute approximate surface area is 80.5 Å². The minimum Gasteiger partial charge on any atom is -0.379 e. The maximum Gasteiger partial charge on any atom is 0.0874 e. The lowest BCUT2D eigenvalue weighted by Gasteiger charge is -2.20. The van der Waals surface area contributed by atoms with Crippen LogP contribution in [0.2, 0.25) is 0 Å². The standard InChI is InChI=1S/C7H17O5S/c1-3-10-4-5-11-6-7-12-13(2,8)9/h8-9H,1,3-7H2,2H3. The van der Waals surface area contributed by atoms with Gasteiger partial charge in [0.05, 0.1) is 37.3 Å². The van der Waals surface area contributed by atoms with E-state index in [2.05, 4.69) is 11.1 Å². The van der Waals surface area contributed by atoms with Gasteiger partial charge in [-0.15, -0.1) is 0 Å². The van der Waals surface area contributed by atoms with Crippen LogP contribution in [0.25, 0.3) is 0 Å². The van der Waals surface area contributed by atoms with E-state index < -0.39 is 10.9 Å². The summed E-state index contributed by atoms with van der Waals surface area (Å²) in [6.45, 7) is 5.36. The molecular weight excluding hydrogens is 196 g/mol. The zero-order chi connectivity index (χ0) is 10.2. The highest BCUT2D eigenvalue weighted by Crippen LogP contribution is 2.33. The second-order valence-corrected chi connectivity index (χ2v) is 4.07. The highest BCUT2D eigenvalue weighted by molar-refractivity contribution is 8.19. The lowest BCUT2D eigenvalue weighted by molar-refractivity contribution is 0.0436. The Morgan fingerprint density at radius 3 is 2.15 bits per heavy atom. The molecule has 0 amide bonds. The van der Waals surface area contributed by atoms with E-state index in [-0.39, 0.29) is 6.61 Å². The van der Waals surface area contributed by atoms with Gasteiger partial charge in [-0.1, -0.05) is 0 Å². The van der Waals surface area contributed by atoms with Crippen LogP contribution in [0.5, 0.6) is 0 Å². The molecule has 0 atom stereocenters. The van der Waals surface area contributed by atoms with Gasteiger partial charge in [0, 0.05) is 12.9 Å². The molecular formula is C7H17O5S. The molecule has 0 aliphatic carbocycles. The Hall–Kier alpha value is 0.150. The summed E-state index contributed by atoms with van der Waals surface area (Å²) in [5.41, 5.74) is 0. The zero-order valence-electron chi connectivity index (χ0n) is 7.77. The van der Waals surface area contributed by atoms with Crippen molar-refractivity contribution in [2.24, 2.45) is 0 Å². The van der Waals surface area contributed by atoms with Crippen LogP contribution in [-0.2, 0) is 13.7 Å². The highest BCUT2D eigenvalue weighted by Gasteiger charge is 2.07. The van der Waals surface area contributed by atoms with E-state index >= 15 is 0 Å². The van der Waals surface area contributed by atoms with Crippen molar-refractivity contribution in [1.29, 1.82) is 0 Å². The summed E-state index contributed by atoms with van der Waals surface area (Å²) in [5, 5.41) is 0. The number of rotatable bonds is 8. The third-order valence-corrected chi connectivity index (χ3v) is 1.66. The third kappa shape index (κ3) is 12.1. The average molecular weight is 213 g/mol. The molecule has 5 nitrogen and oxygen atoms in total. The molecule has 81 valence electrons. The van der Waals surface area contributed by atoms with Crippen molar-refractivity contribution in [3.63, 3.8) is 0 Å². The molecule has 0 aliphatic rings. The summed E-state index contributed by atoms with van der Waals surface area (Å²) in [6.07, 6.45) is 1.22. The van der Waals surface area contributed by atoms with E-state index in [1.807, 2.05) is 0 Å². The fraction of sp³-hybridized carbons (Fsp3) is 0.857. The molecule has 0 aromatic carbocycles. The smallest absolute Gasteiger partial charge is 0.0874 e. The average Bonchev–Trinajstić information content (AvgIpc) is 2.01. The predicted octanol–water partition coefficient (Wildman–Crippen LogP) is 1.17. The normalized spacial score (nSPS) is 13.2. The Bertz CT molecular complexity index is 114. The first-order valence-corrected chi connectivity index (χ1v) is 5.76. The quantitative estimate of drug-likeness (QED) is 0.592. The SMILES string of the molecule is [CH2]COCCOCCOS(C)(O)O. The molecule has 0 aromatic rings. The van der Waals surface area contributed by atoms with E-state index in [1.54, 1.807) is 0 Å². The van der Waals surface area contributed by atoms with Gasteiger partial charge in [-0.3, -0.25) is 4.18 Å². The van der Waals surface area contributed by atoms with Crippen LogP contribution in [0.15, 0.2) is 0 Å². The Morgan fingerprint density at radius 1 is 1.08 bits per heavy atom. The molecule has 0 bridgehead atoms. The molecule has 13 heavy (non-hydrogen) atoms. The lowest BCUT2D eigenvalue weighted by Crippen LogP contribution is -2.10. The minimum atomic E-state index is -2.84. The van der Waals surface area contributed by atoms with Crippen LogP contribution in [-0.4, -0.2) is 48.4 Å². The number of hydrogen-bond acceptors (Lipinski definition) is 5. The molecule has 0 aliphatic heterocycles. The summed E-state index contributed by atoms with van der Waals surface area (Å²) >= 11 is 0. The second kappa shape index (κ2) is 7.54. The number of hydrogen-bond donors (Lipinski definition) is 2. The van der Waals surface area contributed by atoms with E-state index in [9.17, 15) is 0 Å². The highest BCUT2D eigenvalue weighted by atomic mass is 32.3. The molecule has 1 radical (unpaired) electrons. The van der Waals surface area contributed by atoms with Crippen molar-refractivity contribution in [2.45, 2.75) is 0 Å². The van der Waals surface area contributed by atoms with Crippen LogP contribution >= 0.6 is 10.9 Å². The number of ether oxygens (including phenoxy) is 2. The van der Waals surface area contributed by atoms with Crippen LogP contribution < -0.4 is 0 Å². The Balaban J connectivity index is 3.00. The summed E-state index contributed by atoms with van der Waals surface area (Å²) in [4.78, 5) is 0. The van der Waals surface area contributed by atoms with Crippen LogP contribution in [0, 0.1) is 6.92 Å². The largest absolute Gasteiger partial charge is 0.379 e. The molecule has 0 fully saturated rings. The molecule has 0 spiro atoms. The maximum atomic E-state index is 8.79. The van der Waals surface area contributed by atoms with Crippen LogP contribution in [0.3, 0.4) is 0 Å². The summed E-state index contributed by atoms with van der Waals surface area (Å²) in [7, 11) is -2.84. The molecule has 6 heteroatoms. The maximum absolute atomic E-state index is 8.79. The van der Waals surface area contributed by atoms with Gasteiger partial charge in [0.25, 0.3) is 0 Å². The van der Waals surface area contributed by atoms with Gasteiger partial charge in [-0.2, -0.15) is 0 Å². The summed E-state index contributed by atoms with van der Waals surface area (Å²) in [5.74, 6) is 0. The van der Waals surface area contributed by atoms with E-state index in [4.69, 9.17) is 18.6 Å². The molecule has 0 aromatic heterocycles. The van der Waals surface area contributed by atoms with Gasteiger partial charge in [0.2, 0.25) is 0 Å². The van der Waals surface area contributed by atoms with Gasteiger partial charge < -0.3 is 18.6 Å². The van der Waals surface area contributed by atoms with E-state index in [1.165, 1.54) is 6.26 Å².